The van der Waals surface area contributed by atoms with E-state index in [-0.39, 0.29) is 13.4 Å². The Kier molecular flexibility index (Phi) is 6.41. The molecule has 0 fully saturated rings. The van der Waals surface area contributed by atoms with Crippen LogP contribution >= 0.6 is 11.8 Å². The predicted octanol–water partition coefficient (Wildman–Crippen LogP) is 8.71. The largest absolute Gasteiger partial charge is 0.312 e. The molecule has 0 N–H and O–H groups in total. The van der Waals surface area contributed by atoms with E-state index in [9.17, 15) is 0 Å². The van der Waals surface area contributed by atoms with Gasteiger partial charge in [0.05, 0.1) is 5.69 Å². The normalized spacial score (nSPS) is 13.8. The van der Waals surface area contributed by atoms with Crippen LogP contribution < -0.4 is 42.6 Å². The van der Waals surface area contributed by atoms with Crippen molar-refractivity contribution in [3.63, 3.8) is 0 Å². The minimum Gasteiger partial charge on any atom is -0.312 e. The van der Waals surface area contributed by atoms with Gasteiger partial charge < -0.3 is 9.80 Å². The number of rotatable bonds is 3. The van der Waals surface area contributed by atoms with Crippen molar-refractivity contribution in [2.45, 2.75) is 16.7 Å². The van der Waals surface area contributed by atoms with Crippen molar-refractivity contribution in [2.24, 2.45) is 0 Å². The van der Waals surface area contributed by atoms with Crippen LogP contribution in [0.1, 0.15) is 5.56 Å². The molecule has 0 unspecified atom stereocenters. The lowest BCUT2D eigenvalue weighted by Gasteiger charge is -2.50. The van der Waals surface area contributed by atoms with E-state index in [1.807, 2.05) is 11.8 Å². The number of hydrogen-bond donors (Lipinski definition) is 0. The zero-order chi connectivity index (χ0) is 35.5. The summed E-state index contributed by atoms with van der Waals surface area (Å²) in [6.45, 7) is 2.41. The molecular weight excluding hydrogens is 670 g/mol. The maximum atomic E-state index is 2.63. The second-order valence-electron chi connectivity index (χ2n) is 14.8. The molecule has 5 heteroatoms. The Balaban J connectivity index is 1.33. The first-order valence-electron chi connectivity index (χ1n) is 18.9. The van der Waals surface area contributed by atoms with Gasteiger partial charge in [0.1, 0.15) is 0 Å². The maximum absolute atomic E-state index is 2.63. The van der Waals surface area contributed by atoms with Gasteiger partial charge in [0.2, 0.25) is 6.71 Å². The molecule has 12 rings (SSSR count). The lowest BCUT2D eigenvalue weighted by molar-refractivity contribution is 1.22. The molecule has 0 radical (unpaired) electrons. The highest BCUT2D eigenvalue weighted by Gasteiger charge is 2.52. The average molecular weight is 703 g/mol. The third kappa shape index (κ3) is 4.00. The second kappa shape index (κ2) is 11.4. The number of hydrogen-bond acceptors (Lipinski definition) is 3. The molecule has 0 amide bonds. The fraction of sp³-hybridized carbons (Fsp3) is 0.0204. The number of para-hydroxylation sites is 4. The Bertz CT molecular complexity index is 2860. The minimum atomic E-state index is 0.0555. The van der Waals surface area contributed by atoms with E-state index in [1.54, 1.807) is 0 Å². The molecule has 0 bridgehead atoms. The summed E-state index contributed by atoms with van der Waals surface area (Å²) in [5, 5.41) is 0. The van der Waals surface area contributed by atoms with Gasteiger partial charge in [0.15, 0.2) is 0 Å². The molecule has 0 spiro atoms. The Labute approximate surface area is 320 Å². The minimum absolute atomic E-state index is 0.0555. The first kappa shape index (κ1) is 30.3. The van der Waals surface area contributed by atoms with Crippen molar-refractivity contribution < 1.29 is 0 Å². The Morgan fingerprint density at radius 1 is 0.407 bits per heavy atom. The molecule has 0 aliphatic carbocycles. The summed E-state index contributed by atoms with van der Waals surface area (Å²) in [6, 6.07) is 65.7. The molecular formula is C49H32B2N2S. The van der Waals surface area contributed by atoms with Crippen LogP contribution in [0.25, 0.3) is 22.3 Å². The summed E-state index contributed by atoms with van der Waals surface area (Å²) < 4.78 is 0. The summed E-state index contributed by atoms with van der Waals surface area (Å²) in [6.07, 6.45) is 0. The number of benzene rings is 8. The van der Waals surface area contributed by atoms with Crippen LogP contribution in [-0.4, -0.2) is 13.4 Å². The van der Waals surface area contributed by atoms with E-state index in [1.165, 1.54) is 105 Å². The van der Waals surface area contributed by atoms with Crippen molar-refractivity contribution in [3.05, 3.63) is 181 Å². The first-order chi connectivity index (χ1) is 26.8. The summed E-state index contributed by atoms with van der Waals surface area (Å²) in [5.74, 6) is 0. The van der Waals surface area contributed by atoms with Gasteiger partial charge in [-0.1, -0.05) is 163 Å². The molecule has 8 aromatic rings. The molecule has 54 heavy (non-hydrogen) atoms. The molecule has 0 saturated carbocycles. The van der Waals surface area contributed by atoms with E-state index < -0.39 is 0 Å². The third-order valence-corrected chi connectivity index (χ3v) is 13.3. The predicted molar refractivity (Wildman–Crippen MR) is 231 cm³/mol. The summed E-state index contributed by atoms with van der Waals surface area (Å²) in [7, 11) is 0. The molecule has 4 heterocycles. The van der Waals surface area contributed by atoms with Crippen LogP contribution in [0.4, 0.5) is 34.1 Å². The van der Waals surface area contributed by atoms with Crippen LogP contribution in [0.5, 0.6) is 0 Å². The lowest BCUT2D eigenvalue weighted by Crippen LogP contribution is -2.68. The van der Waals surface area contributed by atoms with Crippen LogP contribution in [0.3, 0.4) is 0 Å². The van der Waals surface area contributed by atoms with Crippen molar-refractivity contribution in [1.29, 1.82) is 0 Å². The molecule has 4 aliphatic heterocycles. The van der Waals surface area contributed by atoms with Gasteiger partial charge in [-0.15, -0.1) is 0 Å². The molecule has 2 nitrogen and oxygen atoms in total. The fourth-order valence-electron chi connectivity index (χ4n) is 9.92. The molecule has 0 aromatic heterocycles. The van der Waals surface area contributed by atoms with Crippen LogP contribution in [0.15, 0.2) is 186 Å². The maximum Gasteiger partial charge on any atom is 0.252 e. The highest BCUT2D eigenvalue weighted by Crippen LogP contribution is 2.54. The van der Waals surface area contributed by atoms with Gasteiger partial charge in [0.25, 0.3) is 6.71 Å². The molecule has 8 aromatic carbocycles. The van der Waals surface area contributed by atoms with Gasteiger partial charge in [-0.05, 0) is 86.8 Å². The van der Waals surface area contributed by atoms with Crippen LogP contribution in [-0.2, 0) is 0 Å². The average Bonchev–Trinajstić information content (AvgIpc) is 3.24. The Morgan fingerprint density at radius 2 is 0.889 bits per heavy atom. The SMILES string of the molecule is Cc1ccccc1N1c2ccccc2B2c3ccccc3N3c4ccccc4B4c5ccccc5Sc5c4c3c2c1c5-c1ccccc1-c1ccccc1. The van der Waals surface area contributed by atoms with Gasteiger partial charge >= 0.3 is 0 Å². The number of fused-ring (bicyclic) bond motifs is 10. The molecule has 0 atom stereocenters. The second-order valence-corrected chi connectivity index (χ2v) is 15.8. The summed E-state index contributed by atoms with van der Waals surface area (Å²) in [5.41, 5.74) is 22.2. The van der Waals surface area contributed by atoms with Gasteiger partial charge in [0, 0.05) is 43.8 Å². The number of anilines is 6. The monoisotopic (exact) mass is 702 g/mol. The summed E-state index contributed by atoms with van der Waals surface area (Å²) in [4.78, 5) is 7.93. The van der Waals surface area contributed by atoms with Crippen LogP contribution in [0, 0.1) is 6.92 Å². The standard InChI is InChI=1S/C49H32B2N2S/c1-31-17-5-12-26-39(31)52-40-27-13-8-22-35(40)50-36-23-9-14-28-41(36)53-42-29-15-10-24-37(42)51-38-25-11-16-30-43(38)54-49-44(47(52)45(50)48(53)46(49)51)34-21-7-6-20-33(34)32-18-3-2-4-19-32/h2-30H,1H3. The fourth-order valence-corrected chi connectivity index (χ4v) is 11.2. The van der Waals surface area contributed by atoms with Crippen molar-refractivity contribution in [2.75, 3.05) is 9.80 Å². The van der Waals surface area contributed by atoms with Gasteiger partial charge in [-0.3, -0.25) is 0 Å². The van der Waals surface area contributed by atoms with E-state index in [0.29, 0.717) is 0 Å². The zero-order valence-electron chi connectivity index (χ0n) is 29.7. The third-order valence-electron chi connectivity index (χ3n) is 12.0. The van der Waals surface area contributed by atoms with E-state index >= 15 is 0 Å². The highest BCUT2D eigenvalue weighted by molar-refractivity contribution is 8.00. The van der Waals surface area contributed by atoms with Gasteiger partial charge in [-0.25, -0.2) is 0 Å². The van der Waals surface area contributed by atoms with Crippen molar-refractivity contribution in [1.82, 2.24) is 0 Å². The van der Waals surface area contributed by atoms with Crippen molar-refractivity contribution in [3.8, 4) is 22.3 Å². The first-order valence-corrected chi connectivity index (χ1v) is 19.7. The van der Waals surface area contributed by atoms with E-state index in [2.05, 4.69) is 193 Å². The van der Waals surface area contributed by atoms with Crippen molar-refractivity contribution >= 4 is 92.1 Å². The molecule has 0 saturated heterocycles. The smallest absolute Gasteiger partial charge is 0.252 e. The number of aryl methyl sites for hydroxylation is 1. The van der Waals surface area contributed by atoms with E-state index in [4.69, 9.17) is 0 Å². The van der Waals surface area contributed by atoms with E-state index in [0.717, 1.165) is 0 Å². The topological polar surface area (TPSA) is 6.48 Å². The highest BCUT2D eigenvalue weighted by atomic mass is 32.2. The zero-order valence-corrected chi connectivity index (χ0v) is 30.5. The summed E-state index contributed by atoms with van der Waals surface area (Å²) >= 11 is 1.96. The molecule has 4 aliphatic rings. The Hall–Kier alpha value is -6.16. The van der Waals surface area contributed by atoms with Gasteiger partial charge in [-0.2, -0.15) is 0 Å². The number of nitrogens with zero attached hydrogens (tertiary/aromatic N) is 2. The lowest BCUT2D eigenvalue weighted by atomic mass is 9.29. The Morgan fingerprint density at radius 3 is 1.54 bits per heavy atom. The molecule has 250 valence electrons. The van der Waals surface area contributed by atoms with Crippen LogP contribution in [0.2, 0.25) is 0 Å². The quantitative estimate of drug-likeness (QED) is 0.170.